The number of furan rings is 1. The summed E-state index contributed by atoms with van der Waals surface area (Å²) in [4.78, 5) is 11.8. The van der Waals surface area contributed by atoms with Crippen LogP contribution in [0.5, 0.6) is 5.75 Å². The summed E-state index contributed by atoms with van der Waals surface area (Å²) in [7, 11) is 0. The third kappa shape index (κ3) is 4.21. The average Bonchev–Trinajstić information content (AvgIpc) is 2.92. The monoisotopic (exact) mass is 286 g/mol. The zero-order valence-electron chi connectivity index (χ0n) is 12.1. The molecule has 110 valence electrons. The molecule has 1 amide bonds. The number of ether oxygens (including phenoxy) is 1. The second-order valence-electron chi connectivity index (χ2n) is 4.51. The molecule has 5 nitrogen and oxygen atoms in total. The van der Waals surface area contributed by atoms with Gasteiger partial charge < -0.3 is 9.15 Å². The number of aryl methyl sites for hydroxylation is 1. The molecule has 2 rings (SSSR count). The fourth-order valence-corrected chi connectivity index (χ4v) is 1.72. The van der Waals surface area contributed by atoms with Crippen LogP contribution in [0, 0.1) is 6.92 Å². The van der Waals surface area contributed by atoms with Crippen LogP contribution in [0.3, 0.4) is 0 Å². The first-order chi connectivity index (χ1) is 10.2. The van der Waals surface area contributed by atoms with Crippen LogP contribution >= 0.6 is 0 Å². The molecule has 0 saturated heterocycles. The van der Waals surface area contributed by atoms with Crippen LogP contribution in [0.4, 0.5) is 0 Å². The largest absolute Gasteiger partial charge is 0.494 e. The lowest BCUT2D eigenvalue weighted by molar-refractivity contribution is 0.0953. The summed E-state index contributed by atoms with van der Waals surface area (Å²) in [6.45, 7) is 4.49. The highest BCUT2D eigenvalue weighted by molar-refractivity contribution is 5.95. The number of hydrogen-bond acceptors (Lipinski definition) is 4. The molecule has 21 heavy (non-hydrogen) atoms. The molecular formula is C16H18N2O3. The van der Waals surface area contributed by atoms with Gasteiger partial charge in [0, 0.05) is 0 Å². The Balaban J connectivity index is 1.89. The Morgan fingerprint density at radius 2 is 2.10 bits per heavy atom. The van der Waals surface area contributed by atoms with Crippen molar-refractivity contribution in [1.29, 1.82) is 0 Å². The molecule has 0 aliphatic rings. The Morgan fingerprint density at radius 1 is 1.33 bits per heavy atom. The van der Waals surface area contributed by atoms with Gasteiger partial charge in [0.1, 0.15) is 11.5 Å². The van der Waals surface area contributed by atoms with E-state index in [0.29, 0.717) is 17.9 Å². The van der Waals surface area contributed by atoms with Crippen molar-refractivity contribution in [3.05, 3.63) is 53.5 Å². The van der Waals surface area contributed by atoms with Crippen molar-refractivity contribution in [3.63, 3.8) is 0 Å². The van der Waals surface area contributed by atoms with Gasteiger partial charge in [-0.15, -0.1) is 0 Å². The number of nitrogens with one attached hydrogen (secondary N) is 1. The SMILES string of the molecule is CCCOc1ccc(/C=N/NC(=O)c2ccoc2C)cc1. The number of carbonyl (C=O) groups excluding carboxylic acids is 1. The van der Waals surface area contributed by atoms with E-state index in [1.165, 1.54) is 6.26 Å². The number of benzene rings is 1. The quantitative estimate of drug-likeness (QED) is 0.655. The molecule has 1 heterocycles. The number of rotatable bonds is 6. The van der Waals surface area contributed by atoms with E-state index in [4.69, 9.17) is 9.15 Å². The van der Waals surface area contributed by atoms with Gasteiger partial charge in [0.15, 0.2) is 0 Å². The van der Waals surface area contributed by atoms with Gasteiger partial charge >= 0.3 is 0 Å². The van der Waals surface area contributed by atoms with E-state index in [1.807, 2.05) is 24.3 Å². The maximum atomic E-state index is 11.8. The Morgan fingerprint density at radius 3 is 2.71 bits per heavy atom. The zero-order chi connectivity index (χ0) is 15.1. The summed E-state index contributed by atoms with van der Waals surface area (Å²) in [6.07, 6.45) is 4.03. The van der Waals surface area contributed by atoms with Crippen LogP contribution < -0.4 is 10.2 Å². The fraction of sp³-hybridized carbons (Fsp3) is 0.250. The van der Waals surface area contributed by atoms with Crippen LogP contribution in [0.1, 0.15) is 35.0 Å². The Bertz CT molecular complexity index is 615. The average molecular weight is 286 g/mol. The molecule has 0 radical (unpaired) electrons. The number of amides is 1. The third-order valence-corrected chi connectivity index (χ3v) is 2.84. The number of nitrogens with zero attached hydrogens (tertiary/aromatic N) is 1. The zero-order valence-corrected chi connectivity index (χ0v) is 12.1. The number of hydrogen-bond donors (Lipinski definition) is 1. The second kappa shape index (κ2) is 7.28. The summed E-state index contributed by atoms with van der Waals surface area (Å²) in [5, 5.41) is 3.92. The van der Waals surface area contributed by atoms with Crippen molar-refractivity contribution in [2.75, 3.05) is 6.61 Å². The van der Waals surface area contributed by atoms with E-state index in [-0.39, 0.29) is 5.91 Å². The lowest BCUT2D eigenvalue weighted by atomic mass is 10.2. The van der Waals surface area contributed by atoms with Crippen molar-refractivity contribution in [2.45, 2.75) is 20.3 Å². The molecule has 0 unspecified atom stereocenters. The van der Waals surface area contributed by atoms with Crippen LogP contribution in [-0.4, -0.2) is 18.7 Å². The molecule has 2 aromatic rings. The van der Waals surface area contributed by atoms with Gasteiger partial charge in [-0.2, -0.15) is 5.10 Å². The number of hydrazone groups is 1. The first kappa shape index (κ1) is 14.8. The predicted octanol–water partition coefficient (Wildman–Crippen LogP) is 3.14. The predicted molar refractivity (Wildman–Crippen MR) is 80.7 cm³/mol. The molecule has 0 aliphatic carbocycles. The van der Waals surface area contributed by atoms with Gasteiger partial charge in [0.2, 0.25) is 0 Å². The van der Waals surface area contributed by atoms with Gasteiger partial charge in [-0.1, -0.05) is 6.92 Å². The van der Waals surface area contributed by atoms with Crippen molar-refractivity contribution < 1.29 is 13.9 Å². The standard InChI is InChI=1S/C16H18N2O3/c1-3-9-21-14-6-4-13(5-7-14)11-17-18-16(19)15-8-10-20-12(15)2/h4-8,10-11H,3,9H2,1-2H3,(H,18,19)/b17-11+. The molecule has 0 atom stereocenters. The minimum atomic E-state index is -0.291. The van der Waals surface area contributed by atoms with E-state index >= 15 is 0 Å². The summed E-state index contributed by atoms with van der Waals surface area (Å²) in [5.41, 5.74) is 3.82. The van der Waals surface area contributed by atoms with Gasteiger partial charge in [-0.05, 0) is 49.2 Å². The molecular weight excluding hydrogens is 268 g/mol. The fourth-order valence-electron chi connectivity index (χ4n) is 1.72. The maximum absolute atomic E-state index is 11.8. The van der Waals surface area contributed by atoms with E-state index in [2.05, 4.69) is 17.5 Å². The second-order valence-corrected chi connectivity index (χ2v) is 4.51. The summed E-state index contributed by atoms with van der Waals surface area (Å²) in [6, 6.07) is 9.12. The summed E-state index contributed by atoms with van der Waals surface area (Å²) >= 11 is 0. The molecule has 0 spiro atoms. The highest BCUT2D eigenvalue weighted by Gasteiger charge is 2.09. The third-order valence-electron chi connectivity index (χ3n) is 2.84. The molecule has 1 N–H and O–H groups in total. The first-order valence-corrected chi connectivity index (χ1v) is 6.81. The molecule has 0 fully saturated rings. The summed E-state index contributed by atoms with van der Waals surface area (Å²) in [5.74, 6) is 1.10. The van der Waals surface area contributed by atoms with E-state index in [9.17, 15) is 4.79 Å². The van der Waals surface area contributed by atoms with Crippen molar-refractivity contribution in [3.8, 4) is 5.75 Å². The summed E-state index contributed by atoms with van der Waals surface area (Å²) < 4.78 is 10.6. The smallest absolute Gasteiger partial charge is 0.274 e. The van der Waals surface area contributed by atoms with E-state index < -0.39 is 0 Å². The molecule has 0 bridgehead atoms. The van der Waals surface area contributed by atoms with Crippen LogP contribution in [-0.2, 0) is 0 Å². The first-order valence-electron chi connectivity index (χ1n) is 6.81. The topological polar surface area (TPSA) is 63.8 Å². The van der Waals surface area contributed by atoms with Gasteiger partial charge in [0.05, 0.1) is 24.6 Å². The van der Waals surface area contributed by atoms with Crippen LogP contribution in [0.25, 0.3) is 0 Å². The normalized spacial score (nSPS) is 10.8. The van der Waals surface area contributed by atoms with E-state index in [1.54, 1.807) is 19.2 Å². The van der Waals surface area contributed by atoms with E-state index in [0.717, 1.165) is 17.7 Å². The minimum Gasteiger partial charge on any atom is -0.494 e. The van der Waals surface area contributed by atoms with Gasteiger partial charge in [-0.25, -0.2) is 5.43 Å². The van der Waals surface area contributed by atoms with Crippen LogP contribution in [0.15, 0.2) is 46.1 Å². The molecule has 1 aromatic carbocycles. The molecule has 5 heteroatoms. The minimum absolute atomic E-state index is 0.291. The highest BCUT2D eigenvalue weighted by atomic mass is 16.5. The lowest BCUT2D eigenvalue weighted by Gasteiger charge is -2.03. The van der Waals surface area contributed by atoms with Crippen LogP contribution in [0.2, 0.25) is 0 Å². The number of carbonyl (C=O) groups is 1. The van der Waals surface area contributed by atoms with Gasteiger partial charge in [-0.3, -0.25) is 4.79 Å². The molecule has 1 aromatic heterocycles. The maximum Gasteiger partial charge on any atom is 0.274 e. The lowest BCUT2D eigenvalue weighted by Crippen LogP contribution is -2.17. The Kier molecular flexibility index (Phi) is 5.15. The van der Waals surface area contributed by atoms with Crippen molar-refractivity contribution in [2.24, 2.45) is 5.10 Å². The molecule has 0 saturated carbocycles. The van der Waals surface area contributed by atoms with Gasteiger partial charge in [0.25, 0.3) is 5.91 Å². The Hall–Kier alpha value is -2.56. The van der Waals surface area contributed by atoms with Crippen molar-refractivity contribution in [1.82, 2.24) is 5.43 Å². The Labute approximate surface area is 123 Å². The van der Waals surface area contributed by atoms with Crippen molar-refractivity contribution >= 4 is 12.1 Å². The highest BCUT2D eigenvalue weighted by Crippen LogP contribution is 2.11. The molecule has 0 aliphatic heterocycles.